The fraction of sp³-hybridized carbons (Fsp3) is 0.600. The Kier molecular flexibility index (Phi) is 8.90. The third-order valence-corrected chi connectivity index (χ3v) is 5.61. The molecule has 6 nitrogen and oxygen atoms in total. The summed E-state index contributed by atoms with van der Waals surface area (Å²) in [6, 6.07) is 4.84. The van der Waals surface area contributed by atoms with E-state index in [1.165, 1.54) is 25.6 Å². The van der Waals surface area contributed by atoms with E-state index >= 15 is 0 Å². The van der Waals surface area contributed by atoms with Crippen molar-refractivity contribution in [1.29, 1.82) is 0 Å². The van der Waals surface area contributed by atoms with Crippen LogP contribution in [0, 0.1) is 5.92 Å². The second kappa shape index (κ2) is 9.32. The Morgan fingerprint density at radius 1 is 1.17 bits per heavy atom. The van der Waals surface area contributed by atoms with Gasteiger partial charge in [-0.05, 0) is 24.5 Å². The molecule has 0 saturated heterocycles. The second-order valence-electron chi connectivity index (χ2n) is 5.51. The molecule has 0 heterocycles. The average molecular weight is 367 g/mol. The lowest BCUT2D eigenvalue weighted by atomic mass is 10.0. The van der Waals surface area contributed by atoms with Gasteiger partial charge < -0.3 is 15.2 Å². The zero-order valence-electron chi connectivity index (χ0n) is 14.3. The van der Waals surface area contributed by atoms with Crippen molar-refractivity contribution < 1.29 is 17.9 Å². The van der Waals surface area contributed by atoms with Gasteiger partial charge in [-0.15, -0.1) is 12.4 Å². The molecule has 23 heavy (non-hydrogen) atoms. The molecule has 0 fully saturated rings. The monoisotopic (exact) mass is 366 g/mol. The van der Waals surface area contributed by atoms with Gasteiger partial charge in [0.2, 0.25) is 10.0 Å². The fourth-order valence-corrected chi connectivity index (χ4v) is 3.48. The molecule has 1 atom stereocenters. The first-order chi connectivity index (χ1) is 10.3. The Labute approximate surface area is 145 Å². The Balaban J connectivity index is 0.00000484. The van der Waals surface area contributed by atoms with Crippen molar-refractivity contribution >= 4 is 22.4 Å². The Bertz CT molecular complexity index is 571. The van der Waals surface area contributed by atoms with Gasteiger partial charge in [0.25, 0.3) is 0 Å². The first-order valence-corrected chi connectivity index (χ1v) is 8.62. The summed E-state index contributed by atoms with van der Waals surface area (Å²) in [5.74, 6) is 0.829. The number of sulfonamides is 1. The molecule has 0 aliphatic carbocycles. The lowest BCUT2D eigenvalue weighted by molar-refractivity contribution is 0.363. The summed E-state index contributed by atoms with van der Waals surface area (Å²) < 4.78 is 37.2. The van der Waals surface area contributed by atoms with Crippen molar-refractivity contribution in [3.63, 3.8) is 0 Å². The van der Waals surface area contributed by atoms with Crippen molar-refractivity contribution in [2.45, 2.75) is 31.2 Å². The van der Waals surface area contributed by atoms with E-state index in [1.54, 1.807) is 18.2 Å². The zero-order valence-corrected chi connectivity index (χ0v) is 15.9. The SMILES string of the molecule is COc1cccc(OC)c1S(=O)(=O)N(C)CCC(N)C(C)C.Cl. The summed E-state index contributed by atoms with van der Waals surface area (Å²) in [6.45, 7) is 4.37. The third-order valence-electron chi connectivity index (χ3n) is 3.68. The van der Waals surface area contributed by atoms with Gasteiger partial charge in [0.15, 0.2) is 4.90 Å². The highest BCUT2D eigenvalue weighted by Gasteiger charge is 2.29. The number of hydrogen-bond donors (Lipinski definition) is 1. The fourth-order valence-electron chi connectivity index (χ4n) is 2.01. The van der Waals surface area contributed by atoms with Gasteiger partial charge in [-0.3, -0.25) is 0 Å². The molecule has 1 aromatic rings. The second-order valence-corrected chi connectivity index (χ2v) is 7.50. The standard InChI is InChI=1S/C15H26N2O4S.ClH/c1-11(2)12(16)9-10-17(3)22(18,19)15-13(20-4)7-6-8-14(15)21-5;/h6-8,11-12H,9-10,16H2,1-5H3;1H. The Morgan fingerprint density at radius 2 is 1.65 bits per heavy atom. The molecule has 134 valence electrons. The minimum absolute atomic E-state index is 0. The zero-order chi connectivity index (χ0) is 16.9. The topological polar surface area (TPSA) is 81.9 Å². The largest absolute Gasteiger partial charge is 0.495 e. The molecular formula is C15H27ClN2O4S. The molecule has 0 saturated carbocycles. The smallest absolute Gasteiger partial charge is 0.250 e. The highest BCUT2D eigenvalue weighted by molar-refractivity contribution is 7.89. The lowest BCUT2D eigenvalue weighted by Crippen LogP contribution is -2.35. The van der Waals surface area contributed by atoms with Crippen molar-refractivity contribution in [1.82, 2.24) is 4.31 Å². The number of nitrogens with zero attached hydrogens (tertiary/aromatic N) is 1. The van der Waals surface area contributed by atoms with Gasteiger partial charge in [0, 0.05) is 19.6 Å². The van der Waals surface area contributed by atoms with Crippen LogP contribution in [-0.2, 0) is 10.0 Å². The maximum atomic E-state index is 12.8. The number of nitrogens with two attached hydrogens (primary N) is 1. The molecule has 0 aliphatic rings. The van der Waals surface area contributed by atoms with Crippen LogP contribution in [0.3, 0.4) is 0 Å². The molecule has 8 heteroatoms. The van der Waals surface area contributed by atoms with Crippen molar-refractivity contribution in [3.05, 3.63) is 18.2 Å². The Morgan fingerprint density at radius 3 is 2.04 bits per heavy atom. The predicted octanol–water partition coefficient (Wildman–Crippen LogP) is 2.12. The van der Waals surface area contributed by atoms with Crippen LogP contribution in [0.1, 0.15) is 20.3 Å². The van der Waals surface area contributed by atoms with E-state index in [9.17, 15) is 8.42 Å². The number of benzene rings is 1. The molecule has 0 amide bonds. The van der Waals surface area contributed by atoms with Gasteiger partial charge in [0.1, 0.15) is 11.5 Å². The average Bonchev–Trinajstić information content (AvgIpc) is 2.50. The highest BCUT2D eigenvalue weighted by Crippen LogP contribution is 2.34. The van der Waals surface area contributed by atoms with Crippen LogP contribution < -0.4 is 15.2 Å². The summed E-state index contributed by atoms with van der Waals surface area (Å²) in [5.41, 5.74) is 5.99. The molecular weight excluding hydrogens is 340 g/mol. The van der Waals surface area contributed by atoms with Crippen LogP contribution in [-0.4, -0.2) is 46.6 Å². The number of hydrogen-bond acceptors (Lipinski definition) is 5. The lowest BCUT2D eigenvalue weighted by Gasteiger charge is -2.23. The van der Waals surface area contributed by atoms with Crippen LogP contribution in [0.15, 0.2) is 23.1 Å². The van der Waals surface area contributed by atoms with E-state index in [4.69, 9.17) is 15.2 Å². The maximum Gasteiger partial charge on any atom is 0.250 e. The van der Waals surface area contributed by atoms with Crippen molar-refractivity contribution in [3.8, 4) is 11.5 Å². The normalized spacial score (nSPS) is 12.9. The van der Waals surface area contributed by atoms with E-state index in [0.29, 0.717) is 18.9 Å². The summed E-state index contributed by atoms with van der Waals surface area (Å²) >= 11 is 0. The van der Waals surface area contributed by atoms with Crippen LogP contribution in [0.5, 0.6) is 11.5 Å². The van der Waals surface area contributed by atoms with E-state index in [0.717, 1.165) is 0 Å². The van der Waals surface area contributed by atoms with Crippen molar-refractivity contribution in [2.75, 3.05) is 27.8 Å². The molecule has 0 bridgehead atoms. The molecule has 2 N–H and O–H groups in total. The number of methoxy groups -OCH3 is 2. The summed E-state index contributed by atoms with van der Waals surface area (Å²) in [5, 5.41) is 0. The van der Waals surface area contributed by atoms with E-state index in [-0.39, 0.29) is 34.8 Å². The van der Waals surface area contributed by atoms with E-state index < -0.39 is 10.0 Å². The molecule has 1 unspecified atom stereocenters. The van der Waals surface area contributed by atoms with Crippen molar-refractivity contribution in [2.24, 2.45) is 11.7 Å². The molecule has 1 rings (SSSR count). The van der Waals surface area contributed by atoms with Gasteiger partial charge in [-0.2, -0.15) is 0 Å². The number of halogens is 1. The van der Waals surface area contributed by atoms with Gasteiger partial charge in [0.05, 0.1) is 14.2 Å². The molecule has 0 radical (unpaired) electrons. The molecule has 1 aromatic carbocycles. The third kappa shape index (κ3) is 5.24. The summed E-state index contributed by atoms with van der Waals surface area (Å²) in [6.07, 6.45) is 0.588. The molecule has 0 aliphatic heterocycles. The summed E-state index contributed by atoms with van der Waals surface area (Å²) in [7, 11) is 0.684. The van der Waals surface area contributed by atoms with Gasteiger partial charge >= 0.3 is 0 Å². The highest BCUT2D eigenvalue weighted by atomic mass is 35.5. The van der Waals surface area contributed by atoms with Crippen LogP contribution in [0.4, 0.5) is 0 Å². The van der Waals surface area contributed by atoms with Crippen LogP contribution in [0.2, 0.25) is 0 Å². The quantitative estimate of drug-likeness (QED) is 0.762. The van der Waals surface area contributed by atoms with Gasteiger partial charge in [-0.25, -0.2) is 12.7 Å². The first-order valence-electron chi connectivity index (χ1n) is 7.18. The van der Waals surface area contributed by atoms with E-state index in [2.05, 4.69) is 0 Å². The van der Waals surface area contributed by atoms with Gasteiger partial charge in [-0.1, -0.05) is 19.9 Å². The van der Waals surface area contributed by atoms with E-state index in [1.807, 2.05) is 13.8 Å². The first kappa shape index (κ1) is 22.0. The molecule has 0 spiro atoms. The Hall–Kier alpha value is -1.02. The maximum absolute atomic E-state index is 12.8. The van der Waals surface area contributed by atoms with Crippen LogP contribution >= 0.6 is 12.4 Å². The van der Waals surface area contributed by atoms with Crippen LogP contribution in [0.25, 0.3) is 0 Å². The number of ether oxygens (including phenoxy) is 2. The minimum atomic E-state index is -3.72. The predicted molar refractivity (Wildman–Crippen MR) is 94.0 cm³/mol. The minimum Gasteiger partial charge on any atom is -0.495 e. The molecule has 0 aromatic heterocycles. The summed E-state index contributed by atoms with van der Waals surface area (Å²) in [4.78, 5) is 0.0422. The number of rotatable bonds is 8.